The molecule has 22 heavy (non-hydrogen) atoms. The molecular weight excluding hydrogens is 276 g/mol. The zero-order chi connectivity index (χ0) is 16.3. The molecule has 1 atom stereocenters. The van der Waals surface area contributed by atoms with E-state index >= 15 is 0 Å². The second-order valence-electron chi connectivity index (χ2n) is 6.97. The molecule has 1 aromatic heterocycles. The summed E-state index contributed by atoms with van der Waals surface area (Å²) < 4.78 is 5.84. The van der Waals surface area contributed by atoms with Crippen LogP contribution in [0, 0.1) is 19.8 Å². The topological polar surface area (TPSA) is 41.5 Å². The maximum Gasteiger partial charge on any atom is 0.225 e. The van der Waals surface area contributed by atoms with Crippen molar-refractivity contribution in [3.8, 4) is 0 Å². The Morgan fingerprint density at radius 3 is 2.41 bits per heavy atom. The van der Waals surface area contributed by atoms with Gasteiger partial charge in [0, 0.05) is 31.0 Å². The minimum atomic E-state index is 0.225. The van der Waals surface area contributed by atoms with E-state index in [1.807, 2.05) is 0 Å². The largest absolute Gasteiger partial charge is 0.373 e. The molecule has 2 rings (SSSR count). The lowest BCUT2D eigenvalue weighted by molar-refractivity contribution is 0.0242. The highest BCUT2D eigenvalue weighted by Gasteiger charge is 2.23. The molecule has 1 aliphatic heterocycles. The van der Waals surface area contributed by atoms with Crippen LogP contribution in [0.5, 0.6) is 0 Å². The van der Waals surface area contributed by atoms with Crippen molar-refractivity contribution in [3.63, 3.8) is 0 Å². The quantitative estimate of drug-likeness (QED) is 0.833. The van der Waals surface area contributed by atoms with Crippen molar-refractivity contribution in [3.05, 3.63) is 17.0 Å². The molecule has 124 valence electrons. The average Bonchev–Trinajstić information content (AvgIpc) is 2.42. The van der Waals surface area contributed by atoms with Crippen LogP contribution < -0.4 is 4.90 Å². The van der Waals surface area contributed by atoms with Crippen molar-refractivity contribution < 1.29 is 4.74 Å². The van der Waals surface area contributed by atoms with Gasteiger partial charge < -0.3 is 14.5 Å². The molecule has 0 unspecified atom stereocenters. The number of morpholine rings is 1. The molecule has 0 spiro atoms. The molecule has 0 aromatic carbocycles. The minimum absolute atomic E-state index is 0.225. The highest BCUT2D eigenvalue weighted by atomic mass is 16.5. The summed E-state index contributed by atoms with van der Waals surface area (Å²) in [6.45, 7) is 12.1. The van der Waals surface area contributed by atoms with Crippen LogP contribution in [0.4, 0.5) is 5.95 Å². The van der Waals surface area contributed by atoms with E-state index in [-0.39, 0.29) is 6.10 Å². The predicted octanol–water partition coefficient (Wildman–Crippen LogP) is 2.06. The van der Waals surface area contributed by atoms with Crippen LogP contribution in [-0.4, -0.2) is 61.3 Å². The number of ether oxygens (including phenoxy) is 1. The molecule has 0 bridgehead atoms. The zero-order valence-electron chi connectivity index (χ0n) is 14.9. The van der Waals surface area contributed by atoms with Gasteiger partial charge >= 0.3 is 0 Å². The number of hydrogen-bond acceptors (Lipinski definition) is 5. The average molecular weight is 306 g/mol. The van der Waals surface area contributed by atoms with E-state index in [0.29, 0.717) is 5.92 Å². The normalized spacial score (nSPS) is 19.3. The van der Waals surface area contributed by atoms with Crippen LogP contribution in [-0.2, 0) is 11.2 Å². The van der Waals surface area contributed by atoms with E-state index in [4.69, 9.17) is 14.7 Å². The molecule has 0 N–H and O–H groups in total. The lowest BCUT2D eigenvalue weighted by Gasteiger charge is -2.34. The van der Waals surface area contributed by atoms with Crippen LogP contribution in [0.2, 0.25) is 0 Å². The first-order chi connectivity index (χ1) is 10.4. The summed E-state index contributed by atoms with van der Waals surface area (Å²) >= 11 is 0. The molecule has 5 heteroatoms. The fraction of sp³-hybridized carbons (Fsp3) is 0.765. The summed E-state index contributed by atoms with van der Waals surface area (Å²) in [4.78, 5) is 14.0. The Labute approximate surface area is 134 Å². The third kappa shape index (κ3) is 4.40. The fourth-order valence-corrected chi connectivity index (χ4v) is 2.99. The highest BCUT2D eigenvalue weighted by Crippen LogP contribution is 2.20. The Morgan fingerprint density at radius 1 is 1.23 bits per heavy atom. The van der Waals surface area contributed by atoms with Crippen molar-refractivity contribution in [1.29, 1.82) is 0 Å². The fourth-order valence-electron chi connectivity index (χ4n) is 2.99. The van der Waals surface area contributed by atoms with Gasteiger partial charge in [-0.25, -0.2) is 9.97 Å². The van der Waals surface area contributed by atoms with Gasteiger partial charge in [0.25, 0.3) is 0 Å². The second kappa shape index (κ2) is 7.38. The van der Waals surface area contributed by atoms with E-state index < -0.39 is 0 Å². The Kier molecular flexibility index (Phi) is 5.75. The van der Waals surface area contributed by atoms with E-state index in [1.54, 1.807) is 0 Å². The van der Waals surface area contributed by atoms with Crippen molar-refractivity contribution in [1.82, 2.24) is 14.9 Å². The van der Waals surface area contributed by atoms with Gasteiger partial charge in [-0.1, -0.05) is 13.8 Å². The number of aryl methyl sites for hydroxylation is 2. The zero-order valence-corrected chi connectivity index (χ0v) is 14.9. The summed E-state index contributed by atoms with van der Waals surface area (Å²) in [6.07, 6.45) is 1.27. The third-order valence-corrected chi connectivity index (χ3v) is 4.01. The molecule has 1 fully saturated rings. The molecule has 1 saturated heterocycles. The standard InChI is InChI=1S/C17H30N4O/c1-12(2)9-16-13(3)18-17(19-14(16)4)21-7-8-22-15(11-21)10-20(5)6/h12,15H,7-11H2,1-6H3/t15-/m0/s1. The Morgan fingerprint density at radius 2 is 1.86 bits per heavy atom. The van der Waals surface area contributed by atoms with Crippen molar-refractivity contribution in [2.45, 2.75) is 40.2 Å². The first-order valence-electron chi connectivity index (χ1n) is 8.22. The van der Waals surface area contributed by atoms with E-state index in [1.165, 1.54) is 5.56 Å². The molecule has 2 heterocycles. The summed E-state index contributed by atoms with van der Waals surface area (Å²) in [5, 5.41) is 0. The van der Waals surface area contributed by atoms with Gasteiger partial charge in [0.15, 0.2) is 0 Å². The van der Waals surface area contributed by atoms with Crippen molar-refractivity contribution in [2.24, 2.45) is 5.92 Å². The Bertz CT molecular complexity index is 478. The van der Waals surface area contributed by atoms with Crippen molar-refractivity contribution in [2.75, 3.05) is 45.2 Å². The molecule has 1 aromatic rings. The first-order valence-corrected chi connectivity index (χ1v) is 8.22. The molecule has 0 amide bonds. The first kappa shape index (κ1) is 17.2. The van der Waals surface area contributed by atoms with Gasteiger partial charge in [-0.15, -0.1) is 0 Å². The molecule has 1 aliphatic rings. The van der Waals surface area contributed by atoms with Crippen LogP contribution in [0.25, 0.3) is 0 Å². The smallest absolute Gasteiger partial charge is 0.225 e. The number of rotatable bonds is 5. The highest BCUT2D eigenvalue weighted by molar-refractivity contribution is 5.37. The van der Waals surface area contributed by atoms with Gasteiger partial charge in [-0.05, 0) is 45.8 Å². The molecule has 0 radical (unpaired) electrons. The molecule has 5 nitrogen and oxygen atoms in total. The SMILES string of the molecule is Cc1nc(N2CCO[C@@H](CN(C)C)C2)nc(C)c1CC(C)C. The molecule has 0 saturated carbocycles. The number of nitrogens with zero attached hydrogens (tertiary/aromatic N) is 4. The van der Waals surface area contributed by atoms with Gasteiger partial charge in [0.1, 0.15) is 0 Å². The third-order valence-electron chi connectivity index (χ3n) is 4.01. The van der Waals surface area contributed by atoms with E-state index in [9.17, 15) is 0 Å². The molecular formula is C17H30N4O. The lowest BCUT2D eigenvalue weighted by Crippen LogP contribution is -2.47. The number of anilines is 1. The van der Waals surface area contributed by atoms with E-state index in [2.05, 4.69) is 51.6 Å². The van der Waals surface area contributed by atoms with Crippen LogP contribution in [0.3, 0.4) is 0 Å². The van der Waals surface area contributed by atoms with Gasteiger partial charge in [0.2, 0.25) is 5.95 Å². The van der Waals surface area contributed by atoms with Gasteiger partial charge in [0.05, 0.1) is 12.7 Å². The van der Waals surface area contributed by atoms with Crippen LogP contribution >= 0.6 is 0 Å². The van der Waals surface area contributed by atoms with E-state index in [0.717, 1.165) is 50.0 Å². The molecule has 0 aliphatic carbocycles. The van der Waals surface area contributed by atoms with Crippen molar-refractivity contribution >= 4 is 5.95 Å². The summed E-state index contributed by atoms with van der Waals surface area (Å²) in [5.74, 6) is 1.48. The predicted molar refractivity (Wildman–Crippen MR) is 90.6 cm³/mol. The van der Waals surface area contributed by atoms with Gasteiger partial charge in [-0.2, -0.15) is 0 Å². The maximum atomic E-state index is 5.84. The summed E-state index contributed by atoms with van der Waals surface area (Å²) in [7, 11) is 4.15. The number of aromatic nitrogens is 2. The lowest BCUT2D eigenvalue weighted by atomic mass is 10.0. The van der Waals surface area contributed by atoms with Crippen LogP contribution in [0.15, 0.2) is 0 Å². The second-order valence-corrected chi connectivity index (χ2v) is 6.97. The summed E-state index contributed by atoms with van der Waals surface area (Å²) in [6, 6.07) is 0. The maximum absolute atomic E-state index is 5.84. The van der Waals surface area contributed by atoms with Crippen LogP contribution in [0.1, 0.15) is 30.8 Å². The number of hydrogen-bond donors (Lipinski definition) is 0. The van der Waals surface area contributed by atoms with Gasteiger partial charge in [-0.3, -0.25) is 0 Å². The summed E-state index contributed by atoms with van der Waals surface area (Å²) in [5.41, 5.74) is 3.54. The minimum Gasteiger partial charge on any atom is -0.373 e. The monoisotopic (exact) mass is 306 g/mol. The Balaban J connectivity index is 2.15. The number of likely N-dealkylation sites (N-methyl/N-ethyl adjacent to an activating group) is 1. The Hall–Kier alpha value is -1.20.